The van der Waals surface area contributed by atoms with Crippen LogP contribution in [0.2, 0.25) is 0 Å². The number of hydrogen-bond acceptors (Lipinski definition) is 3. The van der Waals surface area contributed by atoms with Gasteiger partial charge in [0.25, 0.3) is 0 Å². The maximum Gasteiger partial charge on any atom is 0.246 e. The van der Waals surface area contributed by atoms with Crippen LogP contribution < -0.4 is 11.1 Å². The van der Waals surface area contributed by atoms with Gasteiger partial charge in [-0.1, -0.05) is 12.0 Å². The van der Waals surface area contributed by atoms with E-state index in [9.17, 15) is 4.79 Å². The monoisotopic (exact) mass is 230 g/mol. The van der Waals surface area contributed by atoms with Crippen molar-refractivity contribution in [3.05, 3.63) is 29.8 Å². The van der Waals surface area contributed by atoms with Gasteiger partial charge in [-0.25, -0.2) is 0 Å². The molecule has 1 unspecified atom stereocenters. The van der Waals surface area contributed by atoms with Gasteiger partial charge in [-0.2, -0.15) is 0 Å². The molecule has 1 amide bonds. The Labute approximate surface area is 100 Å². The molecule has 1 atom stereocenters. The fourth-order valence-electron chi connectivity index (χ4n) is 1.70. The Kier molecular flexibility index (Phi) is 3.14. The number of hydrogen-bond donors (Lipinski definition) is 2. The molecule has 4 nitrogen and oxygen atoms in total. The van der Waals surface area contributed by atoms with Gasteiger partial charge in [0, 0.05) is 17.9 Å². The summed E-state index contributed by atoms with van der Waals surface area (Å²) in [7, 11) is 0. The van der Waals surface area contributed by atoms with Crippen LogP contribution in [-0.2, 0) is 9.53 Å². The molecule has 3 N–H and O–H groups in total. The van der Waals surface area contributed by atoms with E-state index in [1.807, 2.05) is 0 Å². The first kappa shape index (κ1) is 11.6. The Bertz CT molecular complexity index is 471. The molecule has 1 heterocycles. The third-order valence-corrected chi connectivity index (χ3v) is 2.79. The molecule has 1 fully saturated rings. The zero-order valence-corrected chi connectivity index (χ0v) is 9.40. The lowest BCUT2D eigenvalue weighted by molar-refractivity contribution is -0.121. The number of benzene rings is 1. The summed E-state index contributed by atoms with van der Waals surface area (Å²) < 4.78 is 5.15. The highest BCUT2D eigenvalue weighted by atomic mass is 16.5. The summed E-state index contributed by atoms with van der Waals surface area (Å²) >= 11 is 0. The molecule has 1 aromatic rings. The summed E-state index contributed by atoms with van der Waals surface area (Å²) in [5.41, 5.74) is 6.39. The fraction of sp³-hybridized carbons (Fsp3) is 0.308. The number of ether oxygens (including phenoxy) is 1. The largest absolute Gasteiger partial charge is 0.379 e. The maximum atomic E-state index is 12.0. The Morgan fingerprint density at radius 1 is 1.59 bits per heavy atom. The first-order valence-corrected chi connectivity index (χ1v) is 5.39. The molecule has 0 spiro atoms. The minimum absolute atomic E-state index is 0.232. The van der Waals surface area contributed by atoms with E-state index in [1.165, 1.54) is 0 Å². The van der Waals surface area contributed by atoms with Crippen molar-refractivity contribution in [2.45, 2.75) is 12.0 Å². The summed E-state index contributed by atoms with van der Waals surface area (Å²) in [6, 6.07) is 7.10. The Morgan fingerprint density at radius 3 is 3.06 bits per heavy atom. The molecule has 88 valence electrons. The second-order valence-electron chi connectivity index (χ2n) is 4.14. The number of anilines is 1. The van der Waals surface area contributed by atoms with Crippen molar-refractivity contribution in [1.29, 1.82) is 0 Å². The second kappa shape index (κ2) is 4.58. The zero-order valence-electron chi connectivity index (χ0n) is 9.40. The van der Waals surface area contributed by atoms with E-state index in [4.69, 9.17) is 16.9 Å². The van der Waals surface area contributed by atoms with Crippen LogP contribution in [0.3, 0.4) is 0 Å². The average Bonchev–Trinajstić information content (AvgIpc) is 2.78. The van der Waals surface area contributed by atoms with Gasteiger partial charge in [0.05, 0.1) is 6.61 Å². The van der Waals surface area contributed by atoms with E-state index < -0.39 is 5.54 Å². The van der Waals surface area contributed by atoms with Gasteiger partial charge in [0.15, 0.2) is 0 Å². The fourth-order valence-corrected chi connectivity index (χ4v) is 1.70. The molecular formula is C13H14N2O2. The maximum absolute atomic E-state index is 12.0. The van der Waals surface area contributed by atoms with Crippen LogP contribution in [0.25, 0.3) is 0 Å². The number of carbonyl (C=O) groups is 1. The smallest absolute Gasteiger partial charge is 0.246 e. The third kappa shape index (κ3) is 2.47. The predicted octanol–water partition coefficient (Wildman–Crippen LogP) is 0.724. The molecule has 1 saturated heterocycles. The van der Waals surface area contributed by atoms with Crippen molar-refractivity contribution in [1.82, 2.24) is 0 Å². The average molecular weight is 230 g/mol. The molecule has 1 aliphatic heterocycles. The van der Waals surface area contributed by atoms with Crippen LogP contribution in [0.15, 0.2) is 24.3 Å². The van der Waals surface area contributed by atoms with Crippen molar-refractivity contribution in [2.75, 3.05) is 18.5 Å². The summed E-state index contributed by atoms with van der Waals surface area (Å²) in [6.07, 6.45) is 5.83. The van der Waals surface area contributed by atoms with Gasteiger partial charge < -0.3 is 15.8 Å². The molecule has 0 aromatic heterocycles. The summed E-state index contributed by atoms with van der Waals surface area (Å²) in [5, 5.41) is 2.76. The van der Waals surface area contributed by atoms with Crippen LogP contribution in [0, 0.1) is 12.3 Å². The standard InChI is InChI=1S/C13H14N2O2/c1-2-10-4-3-5-11(8-10)15-12(16)13(14)6-7-17-9-13/h1,3-5,8H,6-7,9,14H2,(H,15,16). The SMILES string of the molecule is C#Cc1cccc(NC(=O)C2(N)CCOC2)c1. The highest BCUT2D eigenvalue weighted by Gasteiger charge is 2.38. The minimum atomic E-state index is -0.924. The zero-order chi connectivity index (χ0) is 12.3. The number of nitrogens with two attached hydrogens (primary N) is 1. The van der Waals surface area contributed by atoms with Crippen molar-refractivity contribution in [3.63, 3.8) is 0 Å². The van der Waals surface area contributed by atoms with E-state index in [0.717, 1.165) is 5.56 Å². The van der Waals surface area contributed by atoms with Gasteiger partial charge in [-0.15, -0.1) is 6.42 Å². The lowest BCUT2D eigenvalue weighted by atomic mass is 9.99. The number of terminal acetylenes is 1. The highest BCUT2D eigenvalue weighted by molar-refractivity contribution is 5.98. The molecule has 0 radical (unpaired) electrons. The van der Waals surface area contributed by atoms with Gasteiger partial charge in [-0.3, -0.25) is 4.79 Å². The number of rotatable bonds is 2. The molecule has 0 aliphatic carbocycles. The van der Waals surface area contributed by atoms with E-state index in [-0.39, 0.29) is 12.5 Å². The second-order valence-corrected chi connectivity index (χ2v) is 4.14. The molecule has 17 heavy (non-hydrogen) atoms. The number of amides is 1. The Hall–Kier alpha value is -1.83. The quantitative estimate of drug-likeness (QED) is 0.736. The van der Waals surface area contributed by atoms with Crippen molar-refractivity contribution < 1.29 is 9.53 Å². The lowest BCUT2D eigenvalue weighted by Gasteiger charge is -2.20. The van der Waals surface area contributed by atoms with Gasteiger partial charge in [-0.05, 0) is 24.6 Å². The van der Waals surface area contributed by atoms with Crippen LogP contribution in [0.1, 0.15) is 12.0 Å². The normalized spacial score (nSPS) is 23.1. The number of nitrogens with one attached hydrogen (secondary N) is 1. The van der Waals surface area contributed by atoms with Crippen molar-refractivity contribution >= 4 is 11.6 Å². The summed E-state index contributed by atoms with van der Waals surface area (Å²) in [5.74, 6) is 2.28. The van der Waals surface area contributed by atoms with Gasteiger partial charge in [0.1, 0.15) is 5.54 Å². The molecule has 0 bridgehead atoms. The Morgan fingerprint density at radius 2 is 2.41 bits per heavy atom. The number of carbonyl (C=O) groups excluding carboxylic acids is 1. The van der Waals surface area contributed by atoms with Crippen LogP contribution in [0.4, 0.5) is 5.69 Å². The summed E-state index contributed by atoms with van der Waals surface area (Å²) in [6.45, 7) is 0.780. The lowest BCUT2D eigenvalue weighted by Crippen LogP contribution is -2.51. The van der Waals surface area contributed by atoms with E-state index >= 15 is 0 Å². The topological polar surface area (TPSA) is 64.4 Å². The first-order chi connectivity index (χ1) is 8.14. The molecular weight excluding hydrogens is 216 g/mol. The first-order valence-electron chi connectivity index (χ1n) is 5.39. The van der Waals surface area contributed by atoms with E-state index in [1.54, 1.807) is 24.3 Å². The molecule has 2 rings (SSSR count). The van der Waals surface area contributed by atoms with E-state index in [0.29, 0.717) is 18.7 Å². The van der Waals surface area contributed by atoms with Gasteiger partial charge >= 0.3 is 0 Å². The molecule has 1 aromatic carbocycles. The van der Waals surface area contributed by atoms with Crippen molar-refractivity contribution in [2.24, 2.45) is 5.73 Å². The summed E-state index contributed by atoms with van der Waals surface area (Å²) in [4.78, 5) is 12.0. The van der Waals surface area contributed by atoms with Crippen LogP contribution in [0.5, 0.6) is 0 Å². The predicted molar refractivity (Wildman–Crippen MR) is 65.4 cm³/mol. The molecule has 4 heteroatoms. The van der Waals surface area contributed by atoms with E-state index in [2.05, 4.69) is 11.2 Å². The Balaban J connectivity index is 2.10. The van der Waals surface area contributed by atoms with Crippen LogP contribution >= 0.6 is 0 Å². The van der Waals surface area contributed by atoms with Crippen LogP contribution in [-0.4, -0.2) is 24.7 Å². The highest BCUT2D eigenvalue weighted by Crippen LogP contribution is 2.18. The third-order valence-electron chi connectivity index (χ3n) is 2.79. The molecule has 0 saturated carbocycles. The molecule has 1 aliphatic rings. The minimum Gasteiger partial charge on any atom is -0.379 e. The van der Waals surface area contributed by atoms with Crippen molar-refractivity contribution in [3.8, 4) is 12.3 Å². The van der Waals surface area contributed by atoms with Gasteiger partial charge in [0.2, 0.25) is 5.91 Å².